The summed E-state index contributed by atoms with van der Waals surface area (Å²) in [4.78, 5) is 54.2. The maximum absolute atomic E-state index is 15.4. The number of rotatable bonds is 5. The monoisotopic (exact) mass is 674 g/mol. The average Bonchev–Trinajstić information content (AvgIpc) is 3.31. The van der Waals surface area contributed by atoms with Crippen LogP contribution in [-0.4, -0.2) is 82.8 Å². The minimum absolute atomic E-state index is 0.0249. The highest BCUT2D eigenvalue weighted by molar-refractivity contribution is 6.30. The number of piperidine rings is 1. The smallest absolute Gasteiger partial charge is 0.324 e. The predicted octanol–water partition coefficient (Wildman–Crippen LogP) is 5.59. The Kier molecular flexibility index (Phi) is 8.71. The minimum atomic E-state index is -4.78. The molecule has 2 fully saturated rings. The van der Waals surface area contributed by atoms with Gasteiger partial charge in [0, 0.05) is 49.7 Å². The number of halogens is 5. The van der Waals surface area contributed by atoms with Crippen molar-refractivity contribution in [3.63, 3.8) is 0 Å². The Balaban J connectivity index is 1.22. The van der Waals surface area contributed by atoms with Gasteiger partial charge in [-0.1, -0.05) is 43.2 Å². The van der Waals surface area contributed by atoms with Crippen LogP contribution in [0.3, 0.4) is 0 Å². The third-order valence-electron chi connectivity index (χ3n) is 9.74. The van der Waals surface area contributed by atoms with Gasteiger partial charge in [-0.15, -0.1) is 0 Å². The molecule has 0 bridgehead atoms. The molecular formula is C34H35ClF4N4O4. The van der Waals surface area contributed by atoms with Gasteiger partial charge in [-0.05, 0) is 72.1 Å². The number of imide groups is 1. The summed E-state index contributed by atoms with van der Waals surface area (Å²) in [6, 6.07) is 6.30. The van der Waals surface area contributed by atoms with E-state index < -0.39 is 59.8 Å². The molecule has 1 aliphatic carbocycles. The Labute approximate surface area is 274 Å². The van der Waals surface area contributed by atoms with E-state index in [0.29, 0.717) is 16.5 Å². The molecule has 2 saturated heterocycles. The van der Waals surface area contributed by atoms with Gasteiger partial charge in [0.2, 0.25) is 11.8 Å². The Morgan fingerprint density at radius 2 is 1.79 bits per heavy atom. The molecule has 2 unspecified atom stereocenters. The summed E-state index contributed by atoms with van der Waals surface area (Å²) in [5.41, 5.74) is 2.77. The third-order valence-corrected chi connectivity index (χ3v) is 9.99. The summed E-state index contributed by atoms with van der Waals surface area (Å²) < 4.78 is 59.0. The van der Waals surface area contributed by atoms with Crippen LogP contribution in [-0.2, 0) is 16.1 Å². The van der Waals surface area contributed by atoms with E-state index in [1.165, 1.54) is 4.90 Å². The molecule has 0 radical (unpaired) electrons. The summed E-state index contributed by atoms with van der Waals surface area (Å²) in [6.07, 6.45) is -2.27. The third kappa shape index (κ3) is 6.67. The van der Waals surface area contributed by atoms with Crippen LogP contribution in [0.1, 0.15) is 77.8 Å². The van der Waals surface area contributed by atoms with Crippen LogP contribution in [0.4, 0.5) is 17.6 Å². The molecule has 0 spiro atoms. The number of carbonyl (C=O) groups is 4. The number of alkyl halides is 3. The lowest BCUT2D eigenvalue weighted by Crippen LogP contribution is -2.61. The Bertz CT molecular complexity index is 1670. The zero-order valence-electron chi connectivity index (χ0n) is 26.1. The molecule has 0 aromatic heterocycles. The summed E-state index contributed by atoms with van der Waals surface area (Å²) >= 11 is 6.10. The van der Waals surface area contributed by atoms with E-state index in [1.807, 2.05) is 12.1 Å². The van der Waals surface area contributed by atoms with Gasteiger partial charge in [0.05, 0.1) is 5.56 Å². The molecule has 0 saturated carbocycles. The van der Waals surface area contributed by atoms with Crippen molar-refractivity contribution in [3.05, 3.63) is 75.1 Å². The van der Waals surface area contributed by atoms with Crippen LogP contribution in [0.5, 0.6) is 0 Å². The number of nitrogens with one attached hydrogen (secondary N) is 1. The van der Waals surface area contributed by atoms with Gasteiger partial charge in [0.1, 0.15) is 17.9 Å². The largest absolute Gasteiger partial charge is 0.410 e. The lowest BCUT2D eigenvalue weighted by molar-refractivity contribution is -0.188. The summed E-state index contributed by atoms with van der Waals surface area (Å²) in [5, 5.41) is 2.77. The average molecular weight is 675 g/mol. The SMILES string of the molecule is CC1(C)CCC(CN2CCN(C(=O)c3cc4c(cc3F)C(=O)N(C3CCC(=O)NC3=O)C4)C(C(F)(F)F)C2)=C(c2ccc(Cl)cc2)C1. The van der Waals surface area contributed by atoms with Crippen molar-refractivity contribution in [2.75, 3.05) is 26.2 Å². The van der Waals surface area contributed by atoms with Gasteiger partial charge < -0.3 is 9.80 Å². The maximum atomic E-state index is 15.4. The normalized spacial score (nSPS) is 23.7. The highest BCUT2D eigenvalue weighted by Gasteiger charge is 2.49. The Hall–Kier alpha value is -3.77. The number of allylic oxidation sites excluding steroid dienone is 1. The second-order valence-corrected chi connectivity index (χ2v) is 14.0. The minimum Gasteiger partial charge on any atom is -0.324 e. The van der Waals surface area contributed by atoms with Crippen LogP contribution in [0, 0.1) is 11.2 Å². The van der Waals surface area contributed by atoms with Crippen LogP contribution in [0.25, 0.3) is 5.57 Å². The van der Waals surface area contributed by atoms with Crippen molar-refractivity contribution in [2.45, 2.75) is 70.8 Å². The molecule has 250 valence electrons. The van der Waals surface area contributed by atoms with Crippen LogP contribution >= 0.6 is 11.6 Å². The summed E-state index contributed by atoms with van der Waals surface area (Å²) in [6.45, 7) is 3.94. The Morgan fingerprint density at radius 1 is 1.06 bits per heavy atom. The number of hydrogen-bond acceptors (Lipinski definition) is 5. The van der Waals surface area contributed by atoms with E-state index in [4.69, 9.17) is 11.6 Å². The molecule has 13 heteroatoms. The molecule has 3 aliphatic heterocycles. The van der Waals surface area contributed by atoms with Crippen molar-refractivity contribution >= 4 is 40.8 Å². The highest BCUT2D eigenvalue weighted by Crippen LogP contribution is 2.44. The zero-order chi connectivity index (χ0) is 33.8. The van der Waals surface area contributed by atoms with Gasteiger partial charge in [0.15, 0.2) is 0 Å². The first-order valence-corrected chi connectivity index (χ1v) is 16.0. The quantitative estimate of drug-likeness (QED) is 0.330. The second-order valence-electron chi connectivity index (χ2n) is 13.6. The molecule has 4 aliphatic rings. The molecule has 3 heterocycles. The van der Waals surface area contributed by atoms with Crippen molar-refractivity contribution in [2.24, 2.45) is 5.41 Å². The first-order chi connectivity index (χ1) is 22.1. The lowest BCUT2D eigenvalue weighted by Gasteiger charge is -2.43. The first-order valence-electron chi connectivity index (χ1n) is 15.7. The number of benzene rings is 2. The summed E-state index contributed by atoms with van der Waals surface area (Å²) in [5.74, 6) is -3.99. The fourth-order valence-corrected chi connectivity index (χ4v) is 7.27. The van der Waals surface area contributed by atoms with Gasteiger partial charge in [0.25, 0.3) is 11.8 Å². The number of amides is 4. The molecule has 2 atom stereocenters. The van der Waals surface area contributed by atoms with Gasteiger partial charge >= 0.3 is 6.18 Å². The first kappa shape index (κ1) is 33.1. The Morgan fingerprint density at radius 3 is 2.47 bits per heavy atom. The van der Waals surface area contributed by atoms with E-state index in [0.717, 1.165) is 48.1 Å². The number of carbonyl (C=O) groups excluding carboxylic acids is 4. The van der Waals surface area contributed by atoms with Crippen molar-refractivity contribution in [1.29, 1.82) is 0 Å². The molecule has 2 aromatic carbocycles. The van der Waals surface area contributed by atoms with E-state index in [-0.39, 0.29) is 49.0 Å². The molecule has 6 rings (SSSR count). The number of fused-ring (bicyclic) bond motifs is 1. The number of piperazine rings is 1. The molecule has 47 heavy (non-hydrogen) atoms. The van der Waals surface area contributed by atoms with Crippen LogP contribution in [0.15, 0.2) is 42.0 Å². The lowest BCUT2D eigenvalue weighted by atomic mass is 9.72. The summed E-state index contributed by atoms with van der Waals surface area (Å²) in [7, 11) is 0. The van der Waals surface area contributed by atoms with E-state index in [9.17, 15) is 32.3 Å². The van der Waals surface area contributed by atoms with Crippen molar-refractivity contribution in [1.82, 2.24) is 20.0 Å². The fourth-order valence-electron chi connectivity index (χ4n) is 7.15. The number of hydrogen-bond donors (Lipinski definition) is 1. The van der Waals surface area contributed by atoms with Crippen LogP contribution in [0.2, 0.25) is 5.02 Å². The molecule has 1 N–H and O–H groups in total. The van der Waals surface area contributed by atoms with Gasteiger partial charge in [-0.2, -0.15) is 13.2 Å². The van der Waals surface area contributed by atoms with Crippen molar-refractivity contribution < 1.29 is 36.7 Å². The van der Waals surface area contributed by atoms with E-state index >= 15 is 4.39 Å². The molecular weight excluding hydrogens is 640 g/mol. The maximum Gasteiger partial charge on any atom is 0.410 e. The molecule has 2 aromatic rings. The van der Waals surface area contributed by atoms with Gasteiger partial charge in [-0.3, -0.25) is 29.4 Å². The standard InChI is InChI=1S/C34H35ClF4N4O4/c1-33(2)10-9-20(25(15-33)19-3-5-22(35)6-4-19)16-41-11-12-42(28(18-41)34(37,38)39)32(47)24-13-21-17-43(31(46)23(21)14-26(24)36)27-7-8-29(44)40-30(27)45/h3-6,13-14,27-28H,7-12,15-18H2,1-2H3,(H,40,44,45). The van der Waals surface area contributed by atoms with Crippen LogP contribution < -0.4 is 5.32 Å². The predicted molar refractivity (Wildman–Crippen MR) is 166 cm³/mol. The highest BCUT2D eigenvalue weighted by atomic mass is 35.5. The van der Waals surface area contributed by atoms with E-state index in [2.05, 4.69) is 19.2 Å². The molecule has 4 amide bonds. The topological polar surface area (TPSA) is 90.0 Å². The molecule has 8 nitrogen and oxygen atoms in total. The van der Waals surface area contributed by atoms with Crippen molar-refractivity contribution in [3.8, 4) is 0 Å². The van der Waals surface area contributed by atoms with Gasteiger partial charge in [-0.25, -0.2) is 4.39 Å². The fraction of sp³-hybridized carbons (Fsp3) is 0.471. The number of nitrogens with zero attached hydrogens (tertiary/aromatic N) is 3. The second kappa shape index (κ2) is 12.4. The van der Waals surface area contributed by atoms with E-state index in [1.54, 1.807) is 17.0 Å². The zero-order valence-corrected chi connectivity index (χ0v) is 26.8.